The molecule has 0 saturated heterocycles. The quantitative estimate of drug-likeness (QED) is 0.372. The van der Waals surface area contributed by atoms with Crippen LogP contribution in [0.2, 0.25) is 0 Å². The van der Waals surface area contributed by atoms with E-state index in [4.69, 9.17) is 9.52 Å². The molecule has 0 fully saturated rings. The molecule has 0 aliphatic carbocycles. The maximum atomic E-state index is 11.0. The van der Waals surface area contributed by atoms with Gasteiger partial charge in [0.1, 0.15) is 10.7 Å². The Labute approximate surface area is 162 Å². The molecule has 4 aromatic rings. The van der Waals surface area contributed by atoms with Crippen LogP contribution in [0.5, 0.6) is 0 Å². The average Bonchev–Trinajstić information content (AvgIpc) is 3.34. The Morgan fingerprint density at radius 3 is 2.66 bits per heavy atom. The number of rotatable bonds is 6. The lowest BCUT2D eigenvalue weighted by atomic mass is 10.1. The molecule has 2 N–H and O–H groups in total. The third kappa shape index (κ3) is 3.48. The molecule has 146 valence electrons. The van der Waals surface area contributed by atoms with Crippen LogP contribution in [0.4, 0.5) is 11.7 Å². The fraction of sp³-hybridized carbons (Fsp3) is 0.111. The summed E-state index contributed by atoms with van der Waals surface area (Å²) in [6, 6.07) is 9.12. The van der Waals surface area contributed by atoms with Gasteiger partial charge in [-0.1, -0.05) is 12.1 Å². The fourth-order valence-electron chi connectivity index (χ4n) is 2.76. The van der Waals surface area contributed by atoms with E-state index in [9.17, 15) is 14.9 Å². The Bertz CT molecular complexity index is 1230. The molecular weight excluding hydrogens is 380 g/mol. The second kappa shape index (κ2) is 7.03. The van der Waals surface area contributed by atoms with Gasteiger partial charge in [-0.3, -0.25) is 14.8 Å². The van der Waals surface area contributed by atoms with E-state index in [2.05, 4.69) is 20.4 Å². The monoisotopic (exact) mass is 394 g/mol. The Kier molecular flexibility index (Phi) is 4.39. The molecule has 11 heteroatoms. The van der Waals surface area contributed by atoms with E-state index in [0.29, 0.717) is 23.4 Å². The molecule has 0 spiro atoms. The van der Waals surface area contributed by atoms with Gasteiger partial charge in [0, 0.05) is 13.6 Å². The van der Waals surface area contributed by atoms with Crippen LogP contribution in [0, 0.1) is 10.1 Å². The van der Waals surface area contributed by atoms with Crippen molar-refractivity contribution in [2.45, 2.75) is 6.54 Å². The molecule has 0 atom stereocenters. The standard InChI is InChI=1S/C18H14N6O5/c1-23-17-12(9-20-23)15(19-8-10-2-4-11(5-3-10)18(25)26)21-16(22-17)13-6-7-14(29-13)24(27)28/h2-7,9H,8H2,1H3,(H,25,26)(H,19,21,22). The second-order valence-electron chi connectivity index (χ2n) is 6.15. The first-order valence-corrected chi connectivity index (χ1v) is 8.43. The van der Waals surface area contributed by atoms with Crippen molar-refractivity contribution < 1.29 is 19.2 Å². The average molecular weight is 394 g/mol. The Balaban J connectivity index is 1.67. The molecule has 0 radical (unpaired) electrons. The molecule has 4 rings (SSSR count). The van der Waals surface area contributed by atoms with E-state index in [0.717, 1.165) is 5.56 Å². The predicted molar refractivity (Wildman–Crippen MR) is 101 cm³/mol. The minimum atomic E-state index is -0.991. The Hall–Kier alpha value is -4.28. The van der Waals surface area contributed by atoms with E-state index < -0.39 is 16.8 Å². The highest BCUT2D eigenvalue weighted by atomic mass is 16.6. The maximum absolute atomic E-state index is 11.0. The topological polar surface area (TPSA) is 149 Å². The van der Waals surface area contributed by atoms with Crippen LogP contribution >= 0.6 is 0 Å². The van der Waals surface area contributed by atoms with Crippen molar-refractivity contribution in [1.82, 2.24) is 19.7 Å². The van der Waals surface area contributed by atoms with Crippen molar-refractivity contribution in [3.63, 3.8) is 0 Å². The second-order valence-corrected chi connectivity index (χ2v) is 6.15. The summed E-state index contributed by atoms with van der Waals surface area (Å²) in [6.45, 7) is 0.374. The van der Waals surface area contributed by atoms with E-state index in [-0.39, 0.29) is 17.1 Å². The zero-order valence-corrected chi connectivity index (χ0v) is 15.1. The van der Waals surface area contributed by atoms with Crippen molar-refractivity contribution >= 4 is 28.7 Å². The molecular formula is C18H14N6O5. The summed E-state index contributed by atoms with van der Waals surface area (Å²) in [4.78, 5) is 30.0. The van der Waals surface area contributed by atoms with Crippen LogP contribution in [-0.4, -0.2) is 35.7 Å². The molecule has 0 unspecified atom stereocenters. The van der Waals surface area contributed by atoms with Crippen LogP contribution in [0.1, 0.15) is 15.9 Å². The molecule has 29 heavy (non-hydrogen) atoms. The van der Waals surface area contributed by atoms with Gasteiger partial charge in [-0.15, -0.1) is 0 Å². The van der Waals surface area contributed by atoms with E-state index in [1.54, 1.807) is 30.1 Å². The summed E-state index contributed by atoms with van der Waals surface area (Å²) in [6.07, 6.45) is 1.61. The zero-order valence-electron chi connectivity index (χ0n) is 15.1. The number of anilines is 1. The van der Waals surface area contributed by atoms with Crippen LogP contribution in [-0.2, 0) is 13.6 Å². The van der Waals surface area contributed by atoms with Gasteiger partial charge in [-0.2, -0.15) is 5.10 Å². The minimum Gasteiger partial charge on any atom is -0.478 e. The van der Waals surface area contributed by atoms with Crippen LogP contribution in [0.15, 0.2) is 47.0 Å². The lowest BCUT2D eigenvalue weighted by molar-refractivity contribution is -0.401. The molecule has 3 aromatic heterocycles. The van der Waals surface area contributed by atoms with Gasteiger partial charge < -0.3 is 14.8 Å². The van der Waals surface area contributed by atoms with Gasteiger partial charge in [0.15, 0.2) is 17.2 Å². The SMILES string of the molecule is Cn1ncc2c(NCc3ccc(C(=O)O)cc3)nc(-c3ccc([N+](=O)[O-])o3)nc21. The van der Waals surface area contributed by atoms with E-state index >= 15 is 0 Å². The first-order valence-electron chi connectivity index (χ1n) is 8.43. The number of nitrogens with zero attached hydrogens (tertiary/aromatic N) is 5. The molecule has 3 heterocycles. The number of fused-ring (bicyclic) bond motifs is 1. The van der Waals surface area contributed by atoms with Crippen molar-refractivity contribution in [3.05, 3.63) is 63.8 Å². The fourth-order valence-corrected chi connectivity index (χ4v) is 2.76. The molecule has 0 amide bonds. The maximum Gasteiger partial charge on any atom is 0.433 e. The Morgan fingerprint density at radius 1 is 1.24 bits per heavy atom. The molecule has 0 aliphatic heterocycles. The summed E-state index contributed by atoms with van der Waals surface area (Å²) in [5.41, 5.74) is 1.57. The largest absolute Gasteiger partial charge is 0.478 e. The first-order chi connectivity index (χ1) is 13.9. The third-order valence-electron chi connectivity index (χ3n) is 4.25. The number of benzene rings is 1. The lowest BCUT2D eigenvalue weighted by Crippen LogP contribution is -2.05. The number of furan rings is 1. The van der Waals surface area contributed by atoms with E-state index in [1.807, 2.05) is 0 Å². The summed E-state index contributed by atoms with van der Waals surface area (Å²) in [5, 5.41) is 27.9. The summed E-state index contributed by atoms with van der Waals surface area (Å²) in [7, 11) is 1.72. The van der Waals surface area contributed by atoms with Gasteiger partial charge in [0.2, 0.25) is 0 Å². The first kappa shape index (κ1) is 18.1. The predicted octanol–water partition coefficient (Wildman–Crippen LogP) is 2.84. The smallest absolute Gasteiger partial charge is 0.433 e. The number of aromatic nitrogens is 4. The molecule has 1 aromatic carbocycles. The van der Waals surface area contributed by atoms with Gasteiger partial charge >= 0.3 is 11.9 Å². The summed E-state index contributed by atoms with van der Waals surface area (Å²) >= 11 is 0. The number of carboxylic acid groups (broad SMARTS) is 1. The number of aromatic carboxylic acids is 1. The molecule has 0 bridgehead atoms. The van der Waals surface area contributed by atoms with Gasteiger partial charge in [0.25, 0.3) is 0 Å². The van der Waals surface area contributed by atoms with Crippen LogP contribution in [0.25, 0.3) is 22.6 Å². The number of hydrogen-bond acceptors (Lipinski definition) is 8. The number of hydrogen-bond donors (Lipinski definition) is 2. The summed E-state index contributed by atoms with van der Waals surface area (Å²) in [5.74, 6) is -0.581. The molecule has 11 nitrogen and oxygen atoms in total. The highest BCUT2D eigenvalue weighted by Crippen LogP contribution is 2.28. The number of nitrogens with one attached hydrogen (secondary N) is 1. The van der Waals surface area contributed by atoms with Crippen molar-refractivity contribution in [2.24, 2.45) is 7.05 Å². The van der Waals surface area contributed by atoms with Crippen LogP contribution in [0.3, 0.4) is 0 Å². The third-order valence-corrected chi connectivity index (χ3v) is 4.25. The lowest BCUT2D eigenvalue weighted by Gasteiger charge is -2.08. The highest BCUT2D eigenvalue weighted by molar-refractivity contribution is 5.88. The van der Waals surface area contributed by atoms with Gasteiger partial charge in [0.05, 0.1) is 23.2 Å². The number of aryl methyl sites for hydroxylation is 1. The number of nitro groups is 1. The van der Waals surface area contributed by atoms with Gasteiger partial charge in [-0.05, 0) is 23.8 Å². The molecule has 0 saturated carbocycles. The number of carboxylic acids is 1. The normalized spacial score (nSPS) is 10.9. The van der Waals surface area contributed by atoms with E-state index in [1.165, 1.54) is 24.3 Å². The summed E-state index contributed by atoms with van der Waals surface area (Å²) < 4.78 is 6.77. The van der Waals surface area contributed by atoms with Crippen molar-refractivity contribution in [3.8, 4) is 11.6 Å². The Morgan fingerprint density at radius 2 is 2.00 bits per heavy atom. The highest BCUT2D eigenvalue weighted by Gasteiger charge is 2.18. The zero-order chi connectivity index (χ0) is 20.5. The van der Waals surface area contributed by atoms with Gasteiger partial charge in [-0.25, -0.2) is 14.8 Å². The van der Waals surface area contributed by atoms with Crippen molar-refractivity contribution in [1.29, 1.82) is 0 Å². The number of carbonyl (C=O) groups is 1. The minimum absolute atomic E-state index is 0.161. The van der Waals surface area contributed by atoms with Crippen LogP contribution < -0.4 is 5.32 Å². The molecule has 0 aliphatic rings. The van der Waals surface area contributed by atoms with Crippen molar-refractivity contribution in [2.75, 3.05) is 5.32 Å².